The number of carbonyl (C=O) groups is 2. The second-order valence-corrected chi connectivity index (χ2v) is 22.4. The van der Waals surface area contributed by atoms with Crippen molar-refractivity contribution in [3.05, 3.63) is 151 Å². The fraction of sp³-hybridized carbons (Fsp3) is 0.433. The molecule has 4 N–H and O–H groups in total. The number of rotatable bonds is 6. The molecule has 4 aliphatic rings. The Balaban J connectivity index is 0.000000163. The van der Waals surface area contributed by atoms with Crippen molar-refractivity contribution in [3.63, 3.8) is 0 Å². The minimum atomic E-state index is -0.514. The lowest BCUT2D eigenvalue weighted by Crippen LogP contribution is -2.38. The molecule has 0 saturated carbocycles. The Morgan fingerprint density at radius 2 is 0.732 bits per heavy atom. The summed E-state index contributed by atoms with van der Waals surface area (Å²) in [6, 6.07) is 7.87. The van der Waals surface area contributed by atoms with E-state index in [1.54, 1.807) is 28.4 Å². The molecule has 4 fully saturated rings. The highest BCUT2D eigenvalue weighted by Gasteiger charge is 2.24. The molecule has 6 aromatic rings. The molecule has 0 bridgehead atoms. The average molecular weight is 1210 g/mol. The highest BCUT2D eigenvalue weighted by molar-refractivity contribution is 6.33. The number of aromatic nitrogens is 4. The molecule has 0 aliphatic carbocycles. The van der Waals surface area contributed by atoms with E-state index in [1.165, 1.54) is 65.3 Å². The van der Waals surface area contributed by atoms with Gasteiger partial charge in [0.15, 0.2) is 0 Å². The van der Waals surface area contributed by atoms with E-state index in [0.29, 0.717) is 49.1 Å². The molecule has 16 nitrogen and oxygen atoms in total. The van der Waals surface area contributed by atoms with Crippen LogP contribution in [0.5, 0.6) is 0 Å². The Hall–Kier alpha value is -6.28. The second kappa shape index (κ2) is 31.4. The Morgan fingerprint density at radius 3 is 1.11 bits per heavy atom. The van der Waals surface area contributed by atoms with Gasteiger partial charge >= 0.3 is 12.1 Å². The zero-order valence-electron chi connectivity index (χ0n) is 47.8. The number of hydrogen-bond donors (Lipinski definition) is 4. The molecule has 8 heterocycles. The number of amides is 4. The fourth-order valence-electron chi connectivity index (χ4n) is 10.6. The Morgan fingerprint density at radius 1 is 0.402 bits per heavy atom. The maximum absolute atomic E-state index is 13.2. The molecule has 4 amide bonds. The van der Waals surface area contributed by atoms with Crippen LogP contribution in [0.25, 0.3) is 0 Å². The van der Waals surface area contributed by atoms with Gasteiger partial charge in [-0.1, -0.05) is 46.4 Å². The number of halogens is 6. The largest absolute Gasteiger partial charge is 0.370 e. The summed E-state index contributed by atoms with van der Waals surface area (Å²) in [6.45, 7) is 26.7. The summed E-state index contributed by atoms with van der Waals surface area (Å²) in [5.74, 6) is -1.02. The molecule has 0 radical (unpaired) electrons. The molecule has 0 spiro atoms. The van der Waals surface area contributed by atoms with Gasteiger partial charge < -0.3 is 50.7 Å². The third-order valence-corrected chi connectivity index (χ3v) is 15.7. The number of hydrogen-bond acceptors (Lipinski definition) is 12. The minimum absolute atomic E-state index is 0.00604. The molecule has 4 aromatic heterocycles. The normalized spacial score (nSPS) is 15.9. The minimum Gasteiger partial charge on any atom is -0.370 e. The van der Waals surface area contributed by atoms with Crippen molar-refractivity contribution < 1.29 is 18.4 Å². The molecule has 0 unspecified atom stereocenters. The number of benzene rings is 2. The summed E-state index contributed by atoms with van der Waals surface area (Å²) in [5, 5.41) is 13.7. The first-order valence-electron chi connectivity index (χ1n) is 27.9. The summed E-state index contributed by atoms with van der Waals surface area (Å²) < 4.78 is 26.5. The van der Waals surface area contributed by atoms with Crippen molar-refractivity contribution in [2.45, 2.75) is 67.2 Å². The summed E-state index contributed by atoms with van der Waals surface area (Å²) in [7, 11) is 0. The maximum atomic E-state index is 13.2. The van der Waals surface area contributed by atoms with E-state index in [1.807, 2.05) is 37.9 Å². The van der Waals surface area contributed by atoms with Gasteiger partial charge in [0.1, 0.15) is 11.6 Å². The van der Waals surface area contributed by atoms with Crippen LogP contribution in [0.3, 0.4) is 0 Å². The molecule has 82 heavy (non-hydrogen) atoms. The smallest absolute Gasteiger partial charge is 0.321 e. The summed E-state index contributed by atoms with van der Waals surface area (Å²) >= 11 is 24.0. The van der Waals surface area contributed by atoms with Crippen molar-refractivity contribution in [2.75, 3.05) is 135 Å². The quantitative estimate of drug-likeness (QED) is 0.126. The number of carbonyl (C=O) groups excluding carboxylic acids is 2. The van der Waals surface area contributed by atoms with Gasteiger partial charge in [-0.15, -0.1) is 0 Å². The van der Waals surface area contributed by atoms with E-state index in [2.05, 4.69) is 95.4 Å². The van der Waals surface area contributed by atoms with Gasteiger partial charge in [-0.2, -0.15) is 0 Å². The molecule has 440 valence electrons. The molecule has 2 aromatic carbocycles. The number of nitrogens with one attached hydrogen (secondary N) is 4. The highest BCUT2D eigenvalue weighted by atomic mass is 35.5. The lowest BCUT2D eigenvalue weighted by atomic mass is 10.1. The number of nitrogens with zero attached hydrogens (tertiary/aromatic N) is 10. The molecular weight excluding hydrogens is 1130 g/mol. The summed E-state index contributed by atoms with van der Waals surface area (Å²) in [4.78, 5) is 54.5. The SMILES string of the molecule is Cc1cncc(C)c1N1CCCN(C(=O)Nc2ccc(F)c(Cl)c2)CC1.Cc1cncc(C)c1N1CCCNCC1.Cc1cncc(Cl)c1N1CCCN(C(=O)Nc2ccc(F)c(Cl)c2)CC1.Cc1cncc(Cl)c1N1CCCNCC1. The predicted molar refractivity (Wildman–Crippen MR) is 332 cm³/mol. The van der Waals surface area contributed by atoms with E-state index in [0.717, 1.165) is 130 Å². The van der Waals surface area contributed by atoms with Crippen molar-refractivity contribution >= 4 is 92.6 Å². The van der Waals surface area contributed by atoms with Gasteiger partial charge in [-0.05, 0) is 150 Å². The lowest BCUT2D eigenvalue weighted by Gasteiger charge is -2.26. The monoisotopic (exact) mass is 1200 g/mol. The van der Waals surface area contributed by atoms with Crippen LogP contribution in [0.15, 0.2) is 86.0 Å². The molecule has 4 aliphatic heterocycles. The lowest BCUT2D eigenvalue weighted by molar-refractivity contribution is 0.214. The van der Waals surface area contributed by atoms with E-state index in [9.17, 15) is 18.4 Å². The van der Waals surface area contributed by atoms with Crippen LogP contribution in [-0.4, -0.2) is 147 Å². The van der Waals surface area contributed by atoms with E-state index in [4.69, 9.17) is 46.4 Å². The number of urea groups is 2. The zero-order chi connectivity index (χ0) is 58.7. The first-order valence-corrected chi connectivity index (χ1v) is 29.5. The Kier molecular flexibility index (Phi) is 24.2. The van der Waals surface area contributed by atoms with Crippen LogP contribution < -0.4 is 40.9 Å². The first kappa shape index (κ1) is 63.3. The number of anilines is 6. The van der Waals surface area contributed by atoms with Gasteiger partial charge in [0.05, 0.1) is 31.5 Å². The van der Waals surface area contributed by atoms with E-state index >= 15 is 0 Å². The van der Waals surface area contributed by atoms with Gasteiger partial charge in [0, 0.05) is 164 Å². The van der Waals surface area contributed by atoms with Gasteiger partial charge in [-0.3, -0.25) is 19.9 Å². The van der Waals surface area contributed by atoms with Crippen molar-refractivity contribution in [3.8, 4) is 0 Å². The van der Waals surface area contributed by atoms with Crippen LogP contribution in [0.4, 0.5) is 52.5 Å². The van der Waals surface area contributed by atoms with Gasteiger partial charge in [-0.25, -0.2) is 18.4 Å². The van der Waals surface area contributed by atoms with Crippen molar-refractivity contribution in [2.24, 2.45) is 0 Å². The predicted octanol–water partition coefficient (Wildman–Crippen LogP) is 12.2. The standard InChI is InChI=1S/C19H22ClFN4O.C18H19Cl2FN4O.C12H19N3.C11H16ClN3/c1-13-11-22-12-14(2)18(13)24-6-3-7-25(9-8-24)19(26)23-15-4-5-17(21)16(20)10-15;1-12-10-22-11-15(20)17(12)24-5-2-6-25(8-7-24)18(26)23-13-3-4-16(21)14(19)9-13;1-10-8-14-9-11(2)12(10)15-6-3-4-13-5-7-15;1-9-7-14-8-10(12)11(9)15-5-2-3-13-4-6-15/h4-5,10-12H,3,6-9H2,1-2H3,(H,23,26);3-4,9-11H,2,5-8H2,1H3,(H,23,26);8-9,13H,3-7H2,1-2H3;7-8,13H,2-6H2,1H3. The zero-order valence-corrected chi connectivity index (χ0v) is 50.8. The summed E-state index contributed by atoms with van der Waals surface area (Å²) in [5.41, 5.74) is 12.7. The fourth-order valence-corrected chi connectivity index (χ4v) is 11.6. The molecule has 0 atom stereocenters. The highest BCUT2D eigenvalue weighted by Crippen LogP contribution is 2.32. The maximum Gasteiger partial charge on any atom is 0.321 e. The van der Waals surface area contributed by atoms with Gasteiger partial charge in [0.2, 0.25) is 0 Å². The van der Waals surface area contributed by atoms with Crippen LogP contribution in [-0.2, 0) is 0 Å². The van der Waals surface area contributed by atoms with Crippen LogP contribution in [0.2, 0.25) is 20.1 Å². The molecule has 4 saturated heterocycles. The topological polar surface area (TPSA) is 153 Å². The second-order valence-electron chi connectivity index (χ2n) is 20.8. The van der Waals surface area contributed by atoms with Crippen LogP contribution in [0, 0.1) is 53.2 Å². The van der Waals surface area contributed by atoms with Crippen LogP contribution >= 0.6 is 46.4 Å². The van der Waals surface area contributed by atoms with Crippen molar-refractivity contribution in [1.82, 2.24) is 40.4 Å². The van der Waals surface area contributed by atoms with Crippen molar-refractivity contribution in [1.29, 1.82) is 0 Å². The number of pyridine rings is 4. The molecule has 10 rings (SSSR count). The average Bonchev–Trinajstić information content (AvgIpc) is 4.11. The van der Waals surface area contributed by atoms with E-state index in [-0.39, 0.29) is 22.1 Å². The summed E-state index contributed by atoms with van der Waals surface area (Å²) in [6.07, 6.45) is 18.8. The third-order valence-electron chi connectivity index (χ3n) is 14.5. The number of aryl methyl sites for hydroxylation is 6. The van der Waals surface area contributed by atoms with E-state index < -0.39 is 11.6 Å². The Bertz CT molecular complexity index is 2790. The Labute approximate surface area is 501 Å². The van der Waals surface area contributed by atoms with Crippen LogP contribution in [0.1, 0.15) is 59.1 Å². The third kappa shape index (κ3) is 17.9. The molecule has 22 heteroatoms. The molecular formula is C60H76Cl4F2N14O2. The first-order chi connectivity index (χ1) is 39.5. The van der Waals surface area contributed by atoms with Gasteiger partial charge in [0.25, 0.3) is 0 Å².